The summed E-state index contributed by atoms with van der Waals surface area (Å²) >= 11 is 12.3. The van der Waals surface area contributed by atoms with Crippen LogP contribution in [0.15, 0.2) is 42.5 Å². The average Bonchev–Trinajstić information content (AvgIpc) is 2.84. The average molecular weight is 526 g/mol. The molecule has 1 aliphatic heterocycles. The van der Waals surface area contributed by atoms with Crippen molar-refractivity contribution in [3.05, 3.63) is 69.2 Å². The number of hydrogen-bond donors (Lipinski definition) is 4. The number of fused-ring (bicyclic) bond motifs is 1. The second-order valence-corrected chi connectivity index (χ2v) is 9.49. The number of nitrogens with zero attached hydrogens (tertiary/aromatic N) is 1. The van der Waals surface area contributed by atoms with Crippen molar-refractivity contribution in [3.63, 3.8) is 0 Å². The van der Waals surface area contributed by atoms with Crippen LogP contribution in [0.3, 0.4) is 0 Å². The van der Waals surface area contributed by atoms with Gasteiger partial charge in [-0.3, -0.25) is 0 Å². The van der Waals surface area contributed by atoms with E-state index >= 15 is 0 Å². The predicted octanol–water partition coefficient (Wildman–Crippen LogP) is 2.92. The highest BCUT2D eigenvalue weighted by Crippen LogP contribution is 2.44. The summed E-state index contributed by atoms with van der Waals surface area (Å²) in [6.07, 6.45) is -8.79. The number of carboxylic acid groups (broad SMARTS) is 1. The zero-order valence-electron chi connectivity index (χ0n) is 18.6. The fourth-order valence-electron chi connectivity index (χ4n) is 4.70. The van der Waals surface area contributed by atoms with Crippen molar-refractivity contribution in [3.8, 4) is 0 Å². The Labute approximate surface area is 211 Å². The zero-order chi connectivity index (χ0) is 25.4. The van der Waals surface area contributed by atoms with Gasteiger partial charge >= 0.3 is 12.1 Å². The van der Waals surface area contributed by atoms with Gasteiger partial charge in [0.05, 0.1) is 16.1 Å². The number of rotatable bonds is 4. The van der Waals surface area contributed by atoms with Gasteiger partial charge in [0.2, 0.25) is 6.29 Å². The van der Waals surface area contributed by atoms with E-state index in [-0.39, 0.29) is 12.0 Å². The van der Waals surface area contributed by atoms with Crippen LogP contribution in [0, 0.1) is 0 Å². The van der Waals surface area contributed by atoms with Crippen LogP contribution in [0.25, 0.3) is 0 Å². The van der Waals surface area contributed by atoms with Crippen molar-refractivity contribution in [2.45, 2.75) is 55.5 Å². The molecule has 2 aromatic rings. The van der Waals surface area contributed by atoms with Gasteiger partial charge < -0.3 is 34.8 Å². The summed E-state index contributed by atoms with van der Waals surface area (Å²) in [5, 5.41) is 40.1. The molecule has 1 amide bonds. The highest BCUT2D eigenvalue weighted by Gasteiger charge is 2.49. The lowest BCUT2D eigenvalue weighted by Crippen LogP contribution is -2.61. The summed E-state index contributed by atoms with van der Waals surface area (Å²) in [6, 6.07) is 12.8. The van der Waals surface area contributed by atoms with Crippen LogP contribution in [0.5, 0.6) is 0 Å². The molecule has 0 aromatic heterocycles. The number of aliphatic hydroxyl groups excluding tert-OH is 3. The molecule has 1 unspecified atom stereocenters. The molecule has 7 atom stereocenters. The number of halogens is 2. The van der Waals surface area contributed by atoms with Gasteiger partial charge in [-0.15, -0.1) is 0 Å². The zero-order valence-corrected chi connectivity index (χ0v) is 20.1. The maximum atomic E-state index is 13.0. The Morgan fingerprint density at radius 3 is 2.31 bits per heavy atom. The van der Waals surface area contributed by atoms with Gasteiger partial charge in [-0.2, -0.15) is 0 Å². The van der Waals surface area contributed by atoms with E-state index in [2.05, 4.69) is 0 Å². The molecule has 2 aromatic carbocycles. The molecule has 1 heterocycles. The molecule has 0 saturated carbocycles. The first-order chi connectivity index (χ1) is 16.6. The monoisotopic (exact) mass is 525 g/mol. The van der Waals surface area contributed by atoms with E-state index in [4.69, 9.17) is 32.7 Å². The first-order valence-corrected chi connectivity index (χ1v) is 11.8. The highest BCUT2D eigenvalue weighted by atomic mass is 35.5. The number of aliphatic hydroxyl groups is 3. The second kappa shape index (κ2) is 10.3. The maximum absolute atomic E-state index is 13.0. The van der Waals surface area contributed by atoms with Crippen molar-refractivity contribution >= 4 is 35.3 Å². The fraction of sp³-hybridized carbons (Fsp3) is 0.417. The third-order valence-electron chi connectivity index (χ3n) is 6.59. The molecule has 0 spiro atoms. The number of carboxylic acids is 1. The number of amides is 1. The summed E-state index contributed by atoms with van der Waals surface area (Å²) in [5.41, 5.74) is 2.92. The molecule has 0 bridgehead atoms. The van der Waals surface area contributed by atoms with Gasteiger partial charge in [-0.25, -0.2) is 9.59 Å². The molecule has 4 rings (SSSR count). The molecular weight excluding hydrogens is 501 g/mol. The molecule has 1 saturated heterocycles. The number of carbonyl (C=O) groups excluding carboxylic acids is 1. The second-order valence-electron chi connectivity index (χ2n) is 8.68. The maximum Gasteiger partial charge on any atom is 0.412 e. The molecular formula is C24H25Cl2NO8. The Morgan fingerprint density at radius 1 is 0.971 bits per heavy atom. The van der Waals surface area contributed by atoms with Crippen molar-refractivity contribution in [2.24, 2.45) is 0 Å². The third kappa shape index (κ3) is 4.97. The summed E-state index contributed by atoms with van der Waals surface area (Å²) in [4.78, 5) is 25.6. The minimum Gasteiger partial charge on any atom is -0.479 e. The van der Waals surface area contributed by atoms with Crippen LogP contribution in [0.4, 0.5) is 4.79 Å². The topological polar surface area (TPSA) is 137 Å². The van der Waals surface area contributed by atoms with E-state index in [1.807, 2.05) is 36.4 Å². The summed E-state index contributed by atoms with van der Waals surface area (Å²) in [7, 11) is 1.53. The van der Waals surface area contributed by atoms with Gasteiger partial charge in [-0.1, -0.05) is 53.5 Å². The van der Waals surface area contributed by atoms with E-state index in [0.717, 1.165) is 16.7 Å². The number of benzene rings is 2. The molecule has 35 heavy (non-hydrogen) atoms. The van der Waals surface area contributed by atoms with Crippen LogP contribution in [0.1, 0.15) is 41.5 Å². The van der Waals surface area contributed by atoms with E-state index in [1.165, 1.54) is 11.9 Å². The molecule has 4 N–H and O–H groups in total. The Morgan fingerprint density at radius 2 is 1.66 bits per heavy atom. The lowest BCUT2D eigenvalue weighted by atomic mass is 9.76. The minimum absolute atomic E-state index is 0.0399. The summed E-state index contributed by atoms with van der Waals surface area (Å²) in [5.74, 6) is -1.52. The van der Waals surface area contributed by atoms with Gasteiger partial charge in [0.25, 0.3) is 0 Å². The standard InChI is InChI=1S/C24H25Cl2NO8/c1-27(24(33)35-23-20(30)18(28)19(29)21(34-23)22(31)32)17-9-7-12(13-4-2-3-5-14(13)17)11-6-8-15(25)16(26)10-11/h2-6,8,10,12,17-21,23,28-30H,7,9H2,1H3,(H,31,32)/t12-,17-,18-,19-,20-,21?,23-/m0/s1. The molecule has 1 aliphatic carbocycles. The predicted molar refractivity (Wildman–Crippen MR) is 125 cm³/mol. The Balaban J connectivity index is 1.54. The van der Waals surface area contributed by atoms with Gasteiger partial charge in [-0.05, 0) is 41.7 Å². The van der Waals surface area contributed by atoms with Gasteiger partial charge in [0.15, 0.2) is 6.10 Å². The van der Waals surface area contributed by atoms with E-state index in [0.29, 0.717) is 22.9 Å². The number of hydrogen-bond acceptors (Lipinski definition) is 7. The lowest BCUT2D eigenvalue weighted by Gasteiger charge is -2.40. The van der Waals surface area contributed by atoms with Crippen LogP contribution in [0.2, 0.25) is 10.0 Å². The first-order valence-electron chi connectivity index (χ1n) is 11.0. The van der Waals surface area contributed by atoms with E-state index < -0.39 is 42.8 Å². The molecule has 1 fully saturated rings. The Kier molecular flexibility index (Phi) is 7.56. The van der Waals surface area contributed by atoms with Crippen molar-refractivity contribution in [2.75, 3.05) is 7.05 Å². The Bertz CT molecular complexity index is 1110. The van der Waals surface area contributed by atoms with Gasteiger partial charge in [0.1, 0.15) is 18.3 Å². The fourth-order valence-corrected chi connectivity index (χ4v) is 5.01. The molecule has 11 heteroatoms. The molecule has 188 valence electrons. The lowest BCUT2D eigenvalue weighted by molar-refractivity contribution is -0.280. The largest absolute Gasteiger partial charge is 0.479 e. The molecule has 9 nitrogen and oxygen atoms in total. The number of aliphatic carboxylic acids is 1. The summed E-state index contributed by atoms with van der Waals surface area (Å²) in [6.45, 7) is 0. The minimum atomic E-state index is -1.88. The van der Waals surface area contributed by atoms with E-state index in [9.17, 15) is 30.0 Å². The Hall–Kier alpha value is -2.40. The quantitative estimate of drug-likeness (QED) is 0.478. The van der Waals surface area contributed by atoms with Crippen LogP contribution < -0.4 is 0 Å². The van der Waals surface area contributed by atoms with Gasteiger partial charge in [0, 0.05) is 13.0 Å². The van der Waals surface area contributed by atoms with Crippen LogP contribution in [-0.2, 0) is 14.3 Å². The summed E-state index contributed by atoms with van der Waals surface area (Å²) < 4.78 is 10.3. The SMILES string of the molecule is CN(C(=O)O[C@@H]1OC(C(=O)O)[C@@H](O)[C@H](O)[C@@H]1O)[C@H]1CC[C@@H](c2ccc(Cl)c(Cl)c2)c2ccccc21. The van der Waals surface area contributed by atoms with Crippen LogP contribution >= 0.6 is 23.2 Å². The highest BCUT2D eigenvalue weighted by molar-refractivity contribution is 6.42. The van der Waals surface area contributed by atoms with Crippen molar-refractivity contribution in [1.29, 1.82) is 0 Å². The molecule has 0 radical (unpaired) electrons. The van der Waals surface area contributed by atoms with E-state index in [1.54, 1.807) is 6.07 Å². The smallest absolute Gasteiger partial charge is 0.412 e. The third-order valence-corrected chi connectivity index (χ3v) is 7.33. The normalized spacial score (nSPS) is 30.3. The van der Waals surface area contributed by atoms with Crippen LogP contribution in [-0.4, -0.2) is 75.1 Å². The van der Waals surface area contributed by atoms with Crippen molar-refractivity contribution in [1.82, 2.24) is 4.90 Å². The number of carbonyl (C=O) groups is 2. The first kappa shape index (κ1) is 25.7. The number of ether oxygens (including phenoxy) is 2. The molecule has 2 aliphatic rings. The van der Waals surface area contributed by atoms with Crippen molar-refractivity contribution < 1.29 is 39.5 Å².